The van der Waals surface area contributed by atoms with Gasteiger partial charge in [0.15, 0.2) is 0 Å². The van der Waals surface area contributed by atoms with Crippen molar-refractivity contribution >= 4 is 5.78 Å². The molecule has 2 nitrogen and oxygen atoms in total. The Kier molecular flexibility index (Phi) is 3.28. The van der Waals surface area contributed by atoms with Crippen LogP contribution in [0.1, 0.15) is 30.9 Å². The summed E-state index contributed by atoms with van der Waals surface area (Å²) in [6.45, 7) is 5.52. The van der Waals surface area contributed by atoms with Crippen LogP contribution in [0, 0.1) is 6.92 Å². The van der Waals surface area contributed by atoms with Gasteiger partial charge >= 0.3 is 0 Å². The molecule has 1 aromatic rings. The van der Waals surface area contributed by atoms with E-state index in [2.05, 4.69) is 0 Å². The van der Waals surface area contributed by atoms with Crippen molar-refractivity contribution in [3.8, 4) is 5.75 Å². The molecule has 0 heterocycles. The summed E-state index contributed by atoms with van der Waals surface area (Å²) in [5.41, 5.74) is 2.12. The molecule has 0 aliphatic heterocycles. The van der Waals surface area contributed by atoms with Crippen molar-refractivity contribution in [2.75, 3.05) is 7.11 Å². The lowest BCUT2D eigenvalue weighted by molar-refractivity contribution is -0.118. The second-order valence-corrected chi connectivity index (χ2v) is 3.56. The normalized spacial score (nSPS) is 12.3. The Morgan fingerprint density at radius 1 is 1.43 bits per heavy atom. The van der Waals surface area contributed by atoms with E-state index < -0.39 is 0 Å². The van der Waals surface area contributed by atoms with Gasteiger partial charge in [0.25, 0.3) is 0 Å². The third-order valence-corrected chi connectivity index (χ3v) is 2.53. The molecule has 0 aromatic heterocycles. The molecular weight excluding hydrogens is 176 g/mol. The molecule has 0 aliphatic carbocycles. The van der Waals surface area contributed by atoms with Crippen molar-refractivity contribution in [2.24, 2.45) is 0 Å². The minimum atomic E-state index is -0.0281. The van der Waals surface area contributed by atoms with Crippen LogP contribution in [0.15, 0.2) is 18.2 Å². The van der Waals surface area contributed by atoms with Crippen molar-refractivity contribution in [3.63, 3.8) is 0 Å². The fourth-order valence-electron chi connectivity index (χ4n) is 1.41. The summed E-state index contributed by atoms with van der Waals surface area (Å²) in [5, 5.41) is 0. The van der Waals surface area contributed by atoms with Crippen molar-refractivity contribution in [3.05, 3.63) is 29.3 Å². The molecule has 14 heavy (non-hydrogen) atoms. The van der Waals surface area contributed by atoms with Crippen LogP contribution in [0.5, 0.6) is 5.75 Å². The maximum absolute atomic E-state index is 11.2. The number of benzene rings is 1. The number of aryl methyl sites for hydroxylation is 1. The molecule has 1 atom stereocenters. The Morgan fingerprint density at radius 2 is 2.07 bits per heavy atom. The number of rotatable bonds is 3. The SMILES string of the molecule is COc1ccc(C(C)C(C)=O)cc1C. The minimum Gasteiger partial charge on any atom is -0.496 e. The quantitative estimate of drug-likeness (QED) is 0.736. The first-order valence-corrected chi connectivity index (χ1v) is 4.71. The van der Waals surface area contributed by atoms with Crippen LogP contribution in [-0.4, -0.2) is 12.9 Å². The number of carbonyl (C=O) groups is 1. The summed E-state index contributed by atoms with van der Waals surface area (Å²) in [5.74, 6) is 1.03. The van der Waals surface area contributed by atoms with Crippen molar-refractivity contribution in [1.29, 1.82) is 0 Å². The molecule has 2 heteroatoms. The van der Waals surface area contributed by atoms with E-state index in [1.54, 1.807) is 14.0 Å². The molecule has 0 saturated carbocycles. The Balaban J connectivity index is 3.02. The molecule has 1 rings (SSSR count). The molecule has 0 bridgehead atoms. The summed E-state index contributed by atoms with van der Waals surface area (Å²) in [7, 11) is 1.65. The first-order chi connectivity index (χ1) is 6.56. The molecule has 0 fully saturated rings. The van der Waals surface area contributed by atoms with Crippen LogP contribution in [0.25, 0.3) is 0 Å². The molecule has 0 amide bonds. The average Bonchev–Trinajstić information content (AvgIpc) is 2.16. The lowest BCUT2D eigenvalue weighted by Gasteiger charge is -2.11. The molecule has 0 saturated heterocycles. The Bertz CT molecular complexity index is 342. The molecule has 1 unspecified atom stereocenters. The average molecular weight is 192 g/mol. The summed E-state index contributed by atoms with van der Waals surface area (Å²) in [6.07, 6.45) is 0. The summed E-state index contributed by atoms with van der Waals surface area (Å²) in [4.78, 5) is 11.2. The lowest BCUT2D eigenvalue weighted by atomic mass is 9.96. The summed E-state index contributed by atoms with van der Waals surface area (Å²) < 4.78 is 5.16. The maximum atomic E-state index is 11.2. The zero-order chi connectivity index (χ0) is 10.7. The van der Waals surface area contributed by atoms with Crippen LogP contribution in [0.4, 0.5) is 0 Å². The van der Waals surface area contributed by atoms with Gasteiger partial charge < -0.3 is 4.74 Å². The number of Topliss-reactive ketones (excluding diaryl/α,β-unsaturated/α-hetero) is 1. The van der Waals surface area contributed by atoms with Gasteiger partial charge in [0, 0.05) is 5.92 Å². The van der Waals surface area contributed by atoms with E-state index in [9.17, 15) is 4.79 Å². The van der Waals surface area contributed by atoms with Gasteiger partial charge in [-0.1, -0.05) is 19.1 Å². The van der Waals surface area contributed by atoms with Crippen molar-refractivity contribution in [2.45, 2.75) is 26.7 Å². The fourth-order valence-corrected chi connectivity index (χ4v) is 1.41. The third kappa shape index (κ3) is 2.13. The van der Waals surface area contributed by atoms with E-state index in [4.69, 9.17) is 4.74 Å². The van der Waals surface area contributed by atoms with Crippen LogP contribution in [-0.2, 0) is 4.79 Å². The molecule has 0 aliphatic rings. The first kappa shape index (κ1) is 10.8. The van der Waals surface area contributed by atoms with Gasteiger partial charge in [0.05, 0.1) is 7.11 Å². The van der Waals surface area contributed by atoms with Crippen LogP contribution in [0.3, 0.4) is 0 Å². The van der Waals surface area contributed by atoms with E-state index in [1.165, 1.54) is 0 Å². The molecule has 0 spiro atoms. The van der Waals surface area contributed by atoms with Crippen LogP contribution < -0.4 is 4.74 Å². The van der Waals surface area contributed by atoms with Crippen molar-refractivity contribution < 1.29 is 9.53 Å². The largest absolute Gasteiger partial charge is 0.496 e. The number of methoxy groups -OCH3 is 1. The monoisotopic (exact) mass is 192 g/mol. The van der Waals surface area contributed by atoms with Gasteiger partial charge in [-0.05, 0) is 31.0 Å². The zero-order valence-corrected chi connectivity index (χ0v) is 9.13. The highest BCUT2D eigenvalue weighted by atomic mass is 16.5. The van der Waals surface area contributed by atoms with Gasteiger partial charge in [-0.15, -0.1) is 0 Å². The lowest BCUT2D eigenvalue weighted by Crippen LogP contribution is -2.04. The molecule has 76 valence electrons. The number of hydrogen-bond donors (Lipinski definition) is 0. The van der Waals surface area contributed by atoms with Gasteiger partial charge in [-0.2, -0.15) is 0 Å². The van der Waals surface area contributed by atoms with E-state index in [1.807, 2.05) is 32.0 Å². The Morgan fingerprint density at radius 3 is 2.50 bits per heavy atom. The molecule has 1 aromatic carbocycles. The second kappa shape index (κ2) is 4.27. The minimum absolute atomic E-state index is 0.0281. The van der Waals surface area contributed by atoms with Gasteiger partial charge in [-0.25, -0.2) is 0 Å². The summed E-state index contributed by atoms with van der Waals surface area (Å²) >= 11 is 0. The van der Waals surface area contributed by atoms with Gasteiger partial charge in [-0.3, -0.25) is 4.79 Å². The summed E-state index contributed by atoms with van der Waals surface area (Å²) in [6, 6.07) is 5.85. The topological polar surface area (TPSA) is 26.3 Å². The van der Waals surface area contributed by atoms with E-state index in [0.717, 1.165) is 16.9 Å². The van der Waals surface area contributed by atoms with E-state index in [-0.39, 0.29) is 11.7 Å². The highest BCUT2D eigenvalue weighted by molar-refractivity contribution is 5.83. The number of ether oxygens (including phenoxy) is 1. The highest BCUT2D eigenvalue weighted by Crippen LogP contribution is 2.23. The zero-order valence-electron chi connectivity index (χ0n) is 9.13. The third-order valence-electron chi connectivity index (χ3n) is 2.53. The number of carbonyl (C=O) groups excluding carboxylic acids is 1. The number of hydrogen-bond acceptors (Lipinski definition) is 2. The van der Waals surface area contributed by atoms with Gasteiger partial charge in [0.2, 0.25) is 0 Å². The molecular formula is C12H16O2. The molecule has 0 N–H and O–H groups in total. The van der Waals surface area contributed by atoms with Crippen LogP contribution >= 0.6 is 0 Å². The fraction of sp³-hybridized carbons (Fsp3) is 0.417. The standard InChI is InChI=1S/C12H16O2/c1-8-7-11(9(2)10(3)13)5-6-12(8)14-4/h5-7,9H,1-4H3. The second-order valence-electron chi connectivity index (χ2n) is 3.56. The van der Waals surface area contributed by atoms with E-state index in [0.29, 0.717) is 0 Å². The number of ketones is 1. The Labute approximate surface area is 84.9 Å². The first-order valence-electron chi connectivity index (χ1n) is 4.71. The predicted octanol–water partition coefficient (Wildman–Crippen LogP) is 2.70. The van der Waals surface area contributed by atoms with Crippen LogP contribution in [0.2, 0.25) is 0 Å². The molecule has 0 radical (unpaired) electrons. The van der Waals surface area contributed by atoms with Crippen molar-refractivity contribution in [1.82, 2.24) is 0 Å². The maximum Gasteiger partial charge on any atom is 0.136 e. The van der Waals surface area contributed by atoms with E-state index >= 15 is 0 Å². The van der Waals surface area contributed by atoms with Gasteiger partial charge in [0.1, 0.15) is 11.5 Å². The smallest absolute Gasteiger partial charge is 0.136 e. The Hall–Kier alpha value is -1.31. The highest BCUT2D eigenvalue weighted by Gasteiger charge is 2.11. The predicted molar refractivity (Wildman–Crippen MR) is 56.8 cm³/mol.